The Morgan fingerprint density at radius 1 is 1.10 bits per heavy atom. The lowest BCUT2D eigenvalue weighted by Crippen LogP contribution is -2.51. The molecule has 0 bridgehead atoms. The number of hydrogen-bond acceptors (Lipinski definition) is 5. The smallest absolute Gasteiger partial charge is 0.326 e. The molecule has 8 heteroatoms. The summed E-state index contributed by atoms with van der Waals surface area (Å²) in [4.78, 5) is 40.4. The molecule has 1 heterocycles. The number of aryl methyl sites for hydroxylation is 2. The van der Waals surface area contributed by atoms with E-state index in [1.54, 1.807) is 37.3 Å². The Kier molecular flexibility index (Phi) is 6.62. The zero-order valence-corrected chi connectivity index (χ0v) is 17.9. The number of carbonyl (C=O) groups is 3. The van der Waals surface area contributed by atoms with Crippen LogP contribution in [-0.2, 0) is 19.1 Å². The summed E-state index contributed by atoms with van der Waals surface area (Å²) < 4.78 is 10.5. The molecule has 0 aliphatic carbocycles. The van der Waals surface area contributed by atoms with E-state index in [4.69, 9.17) is 21.1 Å². The number of fused-ring (bicyclic) bond motifs is 1. The molecule has 0 saturated carbocycles. The van der Waals surface area contributed by atoms with Crippen molar-refractivity contribution in [3.05, 3.63) is 52.5 Å². The molecular formula is C22H23ClN2O5. The predicted octanol–water partition coefficient (Wildman–Crippen LogP) is 3.28. The molecule has 0 radical (unpaired) electrons. The van der Waals surface area contributed by atoms with E-state index < -0.39 is 5.97 Å². The van der Waals surface area contributed by atoms with Gasteiger partial charge >= 0.3 is 5.97 Å². The van der Waals surface area contributed by atoms with E-state index in [1.807, 2.05) is 19.9 Å². The molecule has 0 fully saturated rings. The Hall–Kier alpha value is -3.06. The number of hydrogen-bond donors (Lipinski definition) is 0. The third-order valence-electron chi connectivity index (χ3n) is 4.85. The minimum Gasteiger partial charge on any atom is -0.482 e. The Bertz CT molecular complexity index is 991. The summed E-state index contributed by atoms with van der Waals surface area (Å²) >= 11 is 6.07. The molecule has 1 aliphatic rings. The van der Waals surface area contributed by atoms with Crippen LogP contribution in [0.15, 0.2) is 36.4 Å². The van der Waals surface area contributed by atoms with Crippen molar-refractivity contribution in [1.82, 2.24) is 0 Å². The lowest BCUT2D eigenvalue weighted by Gasteiger charge is -2.36. The molecule has 2 amide bonds. The maximum atomic E-state index is 12.9. The van der Waals surface area contributed by atoms with Gasteiger partial charge in [-0.25, -0.2) is 0 Å². The van der Waals surface area contributed by atoms with E-state index in [0.717, 1.165) is 11.1 Å². The molecule has 7 nitrogen and oxygen atoms in total. The van der Waals surface area contributed by atoms with Gasteiger partial charge in [0.2, 0.25) is 5.91 Å². The van der Waals surface area contributed by atoms with Crippen LogP contribution in [0.25, 0.3) is 0 Å². The SMILES string of the molecule is CCOC(=O)CN1C(=O)CN(C(=O)COc2ccccc2Cl)c2cc(C)c(C)cc21. The highest BCUT2D eigenvalue weighted by molar-refractivity contribution is 6.32. The summed E-state index contributed by atoms with van der Waals surface area (Å²) in [7, 11) is 0. The van der Waals surface area contributed by atoms with Crippen LogP contribution >= 0.6 is 11.6 Å². The lowest BCUT2D eigenvalue weighted by atomic mass is 10.0. The maximum Gasteiger partial charge on any atom is 0.326 e. The highest BCUT2D eigenvalue weighted by Gasteiger charge is 2.34. The zero-order valence-electron chi connectivity index (χ0n) is 17.1. The van der Waals surface area contributed by atoms with Gasteiger partial charge in [0, 0.05) is 0 Å². The molecule has 2 aromatic carbocycles. The van der Waals surface area contributed by atoms with Gasteiger partial charge in [-0.3, -0.25) is 24.2 Å². The van der Waals surface area contributed by atoms with Crippen molar-refractivity contribution in [2.45, 2.75) is 20.8 Å². The minimum absolute atomic E-state index is 0.195. The summed E-state index contributed by atoms with van der Waals surface area (Å²) in [6.07, 6.45) is 0. The standard InChI is InChI=1S/C22H23ClN2O5/c1-4-29-22(28)12-25-18-10-15(3)14(2)9-17(18)24(11-20(25)26)21(27)13-30-19-8-6-5-7-16(19)23/h5-10H,4,11-13H2,1-3H3. The van der Waals surface area contributed by atoms with E-state index in [9.17, 15) is 14.4 Å². The molecule has 1 aliphatic heterocycles. The summed E-state index contributed by atoms with van der Waals surface area (Å²) in [5.41, 5.74) is 2.95. The van der Waals surface area contributed by atoms with Gasteiger partial charge in [-0.2, -0.15) is 0 Å². The van der Waals surface area contributed by atoms with Gasteiger partial charge in [0.1, 0.15) is 18.8 Å². The van der Waals surface area contributed by atoms with Gasteiger partial charge in [0.15, 0.2) is 6.61 Å². The number of nitrogens with zero attached hydrogens (tertiary/aromatic N) is 2. The molecule has 0 unspecified atom stereocenters. The fourth-order valence-electron chi connectivity index (χ4n) is 3.17. The van der Waals surface area contributed by atoms with Crippen molar-refractivity contribution in [2.24, 2.45) is 0 Å². The highest BCUT2D eigenvalue weighted by Crippen LogP contribution is 2.36. The van der Waals surface area contributed by atoms with Crippen molar-refractivity contribution in [3.8, 4) is 5.75 Å². The molecule has 158 valence electrons. The molecule has 0 atom stereocenters. The van der Waals surface area contributed by atoms with Crippen molar-refractivity contribution in [2.75, 3.05) is 36.1 Å². The number of esters is 1. The molecule has 0 saturated heterocycles. The first-order chi connectivity index (χ1) is 14.3. The van der Waals surface area contributed by atoms with Crippen LogP contribution in [0, 0.1) is 13.8 Å². The van der Waals surface area contributed by atoms with Crippen LogP contribution in [-0.4, -0.2) is 44.1 Å². The van der Waals surface area contributed by atoms with Crippen LogP contribution in [0.5, 0.6) is 5.75 Å². The van der Waals surface area contributed by atoms with E-state index in [2.05, 4.69) is 0 Å². The number of halogens is 1. The normalized spacial score (nSPS) is 13.1. The van der Waals surface area contributed by atoms with Crippen molar-refractivity contribution in [1.29, 1.82) is 0 Å². The average molecular weight is 431 g/mol. The van der Waals surface area contributed by atoms with Crippen molar-refractivity contribution < 1.29 is 23.9 Å². The van der Waals surface area contributed by atoms with Crippen LogP contribution in [0.4, 0.5) is 11.4 Å². The number of anilines is 2. The van der Waals surface area contributed by atoms with Gasteiger partial charge in [-0.15, -0.1) is 0 Å². The largest absolute Gasteiger partial charge is 0.482 e. The first kappa shape index (κ1) is 21.6. The fourth-order valence-corrected chi connectivity index (χ4v) is 3.36. The number of rotatable bonds is 6. The van der Waals surface area contributed by atoms with E-state index in [0.29, 0.717) is 22.1 Å². The van der Waals surface area contributed by atoms with E-state index >= 15 is 0 Å². The second-order valence-corrected chi connectivity index (χ2v) is 7.32. The summed E-state index contributed by atoms with van der Waals surface area (Å²) in [5.74, 6) is -0.870. The quantitative estimate of drug-likeness (QED) is 0.657. The van der Waals surface area contributed by atoms with Crippen LogP contribution < -0.4 is 14.5 Å². The van der Waals surface area contributed by atoms with Gasteiger partial charge in [-0.1, -0.05) is 23.7 Å². The summed E-state index contributed by atoms with van der Waals surface area (Å²) in [6.45, 7) is 5.08. The van der Waals surface area contributed by atoms with Gasteiger partial charge < -0.3 is 9.47 Å². The highest BCUT2D eigenvalue weighted by atomic mass is 35.5. The fraction of sp³-hybridized carbons (Fsp3) is 0.318. The molecular weight excluding hydrogens is 408 g/mol. The molecule has 0 aromatic heterocycles. The number of amides is 2. The minimum atomic E-state index is -0.503. The number of ether oxygens (including phenoxy) is 2. The van der Waals surface area contributed by atoms with Gasteiger partial charge in [0.05, 0.1) is 23.0 Å². The Balaban J connectivity index is 1.88. The van der Waals surface area contributed by atoms with Gasteiger partial charge in [0.25, 0.3) is 5.91 Å². The maximum absolute atomic E-state index is 12.9. The number of benzene rings is 2. The average Bonchev–Trinajstić information content (AvgIpc) is 2.70. The number of carbonyl (C=O) groups excluding carboxylic acids is 3. The second kappa shape index (κ2) is 9.17. The number of para-hydroxylation sites is 1. The first-order valence-electron chi connectivity index (χ1n) is 9.56. The molecule has 30 heavy (non-hydrogen) atoms. The van der Waals surface area contributed by atoms with Crippen molar-refractivity contribution in [3.63, 3.8) is 0 Å². The monoisotopic (exact) mass is 430 g/mol. The Morgan fingerprint density at radius 2 is 1.77 bits per heavy atom. The van der Waals surface area contributed by atoms with Crippen molar-refractivity contribution >= 4 is 40.8 Å². The summed E-state index contributed by atoms with van der Waals surface area (Å²) in [6, 6.07) is 10.5. The molecule has 2 aromatic rings. The second-order valence-electron chi connectivity index (χ2n) is 6.91. The topological polar surface area (TPSA) is 76.2 Å². The lowest BCUT2D eigenvalue weighted by molar-refractivity contribution is -0.142. The third kappa shape index (κ3) is 4.57. The molecule has 0 spiro atoms. The Morgan fingerprint density at radius 3 is 2.43 bits per heavy atom. The van der Waals surface area contributed by atoms with Gasteiger partial charge in [-0.05, 0) is 56.2 Å². The Labute approximate surface area is 180 Å². The predicted molar refractivity (Wildman–Crippen MR) is 114 cm³/mol. The van der Waals surface area contributed by atoms with E-state index in [1.165, 1.54) is 9.80 Å². The molecule has 0 N–H and O–H groups in total. The first-order valence-corrected chi connectivity index (χ1v) is 9.94. The van der Waals surface area contributed by atoms with Crippen LogP contribution in [0.1, 0.15) is 18.1 Å². The van der Waals surface area contributed by atoms with Crippen LogP contribution in [0.2, 0.25) is 5.02 Å². The van der Waals surface area contributed by atoms with E-state index in [-0.39, 0.29) is 38.1 Å². The zero-order chi connectivity index (χ0) is 21.8. The third-order valence-corrected chi connectivity index (χ3v) is 5.16. The summed E-state index contributed by atoms with van der Waals surface area (Å²) in [5, 5.41) is 0.396. The molecule has 3 rings (SSSR count). The van der Waals surface area contributed by atoms with Crippen LogP contribution in [0.3, 0.4) is 0 Å².